The largest absolute Gasteiger partial charge is 0.294 e. The van der Waals surface area contributed by atoms with E-state index in [1.54, 1.807) is 0 Å². The zero-order chi connectivity index (χ0) is 11.3. The molecule has 82 valence electrons. The Morgan fingerprint density at radius 3 is 2.47 bits per heavy atom. The summed E-state index contributed by atoms with van der Waals surface area (Å²) in [5, 5.41) is 1.47. The quantitative estimate of drug-likeness (QED) is 0.585. The van der Waals surface area contributed by atoms with E-state index in [1.165, 1.54) is 0 Å². The van der Waals surface area contributed by atoms with Crippen LogP contribution in [-0.4, -0.2) is 11.1 Å². The molecule has 15 heavy (non-hydrogen) atoms. The first-order valence-corrected chi connectivity index (χ1v) is 7.24. The zero-order valence-corrected chi connectivity index (χ0v) is 11.9. The molecule has 0 bridgehead atoms. The third-order valence-electron chi connectivity index (χ3n) is 2.36. The molecular weight excluding hydrogens is 320 g/mol. The summed E-state index contributed by atoms with van der Waals surface area (Å²) in [5.41, 5.74) is 3.16. The molecule has 0 fully saturated rings. The number of carbonyl (C=O) groups excluding carboxylic acids is 1. The van der Waals surface area contributed by atoms with Gasteiger partial charge in [-0.1, -0.05) is 57.0 Å². The summed E-state index contributed by atoms with van der Waals surface area (Å²) < 4.78 is 0. The number of hydrogen-bond acceptors (Lipinski definition) is 1. The maximum Gasteiger partial charge on any atom is 0.164 e. The number of carbonyl (C=O) groups is 1. The third-order valence-corrected chi connectivity index (χ3v) is 3.36. The fourth-order valence-corrected chi connectivity index (χ4v) is 2.46. The zero-order valence-electron chi connectivity index (χ0n) is 8.72. The lowest BCUT2D eigenvalue weighted by Gasteiger charge is -2.10. The maximum atomic E-state index is 12.0. The van der Waals surface area contributed by atoms with Gasteiger partial charge in [-0.3, -0.25) is 4.79 Å². The number of alkyl halides is 2. The van der Waals surface area contributed by atoms with Crippen LogP contribution in [0.15, 0.2) is 18.2 Å². The Labute approximate surface area is 108 Å². The first-order chi connectivity index (χ1) is 7.24. The molecule has 0 saturated carbocycles. The lowest BCUT2D eigenvalue weighted by atomic mass is 9.95. The smallest absolute Gasteiger partial charge is 0.164 e. The van der Waals surface area contributed by atoms with Gasteiger partial charge >= 0.3 is 0 Å². The Morgan fingerprint density at radius 1 is 1.27 bits per heavy atom. The summed E-state index contributed by atoms with van der Waals surface area (Å²) in [6, 6.07) is 6.06. The first-order valence-electron chi connectivity index (χ1n) is 5.00. The highest BCUT2D eigenvalue weighted by Crippen LogP contribution is 2.20. The molecule has 1 aromatic rings. The molecule has 0 spiro atoms. The Balaban J connectivity index is 3.15. The Morgan fingerprint density at radius 2 is 1.93 bits per heavy atom. The van der Waals surface area contributed by atoms with Crippen molar-refractivity contribution in [3.8, 4) is 0 Å². The van der Waals surface area contributed by atoms with Gasteiger partial charge in [0.2, 0.25) is 0 Å². The van der Waals surface area contributed by atoms with Gasteiger partial charge in [0.1, 0.15) is 0 Å². The number of hydrogen-bond donors (Lipinski definition) is 0. The Bertz CT molecular complexity index is 325. The fraction of sp³-hybridized carbons (Fsp3) is 0.417. The topological polar surface area (TPSA) is 17.1 Å². The van der Waals surface area contributed by atoms with Gasteiger partial charge in [0.25, 0.3) is 0 Å². The molecular formula is C12H14Br2O. The maximum absolute atomic E-state index is 12.0. The van der Waals surface area contributed by atoms with Crippen molar-refractivity contribution >= 4 is 37.6 Å². The van der Waals surface area contributed by atoms with Gasteiger partial charge in [-0.2, -0.15) is 0 Å². The van der Waals surface area contributed by atoms with Gasteiger partial charge in [0, 0.05) is 22.6 Å². The Kier molecular flexibility index (Phi) is 5.54. The molecule has 0 unspecified atom stereocenters. The van der Waals surface area contributed by atoms with Crippen LogP contribution >= 0.6 is 31.9 Å². The van der Waals surface area contributed by atoms with E-state index in [4.69, 9.17) is 0 Å². The highest BCUT2D eigenvalue weighted by atomic mass is 79.9. The second-order valence-electron chi connectivity index (χ2n) is 3.30. The van der Waals surface area contributed by atoms with Crippen molar-refractivity contribution < 1.29 is 4.79 Å². The molecule has 0 atom stereocenters. The van der Waals surface area contributed by atoms with E-state index < -0.39 is 0 Å². The summed E-state index contributed by atoms with van der Waals surface area (Å²) in [4.78, 5) is 12.0. The van der Waals surface area contributed by atoms with Crippen LogP contribution in [0.3, 0.4) is 0 Å². The molecule has 0 aliphatic carbocycles. The number of rotatable bonds is 5. The minimum absolute atomic E-state index is 0.235. The molecule has 0 aliphatic heterocycles. The molecule has 0 aliphatic rings. The van der Waals surface area contributed by atoms with Gasteiger partial charge in [-0.15, -0.1) is 0 Å². The summed E-state index contributed by atoms with van der Waals surface area (Å²) in [6.07, 6.45) is 1.47. The predicted molar refractivity (Wildman–Crippen MR) is 71.2 cm³/mol. The van der Waals surface area contributed by atoms with Gasteiger partial charge in [0.15, 0.2) is 5.78 Å². The molecule has 0 saturated heterocycles. The minimum atomic E-state index is 0.235. The van der Waals surface area contributed by atoms with E-state index >= 15 is 0 Å². The van der Waals surface area contributed by atoms with Crippen LogP contribution in [0.25, 0.3) is 0 Å². The summed E-state index contributed by atoms with van der Waals surface area (Å²) in [5.74, 6) is 0.235. The number of aryl methyl sites for hydroxylation is 1. The van der Waals surface area contributed by atoms with E-state index in [2.05, 4.69) is 38.8 Å². The van der Waals surface area contributed by atoms with E-state index in [-0.39, 0.29) is 5.78 Å². The van der Waals surface area contributed by atoms with Gasteiger partial charge in [-0.25, -0.2) is 0 Å². The number of halogens is 2. The SMILES string of the molecule is CCc1cccc(CBr)c1C(=O)CCBr. The van der Waals surface area contributed by atoms with Gasteiger partial charge in [0.05, 0.1) is 0 Å². The minimum Gasteiger partial charge on any atom is -0.294 e. The molecule has 0 heterocycles. The lowest BCUT2D eigenvalue weighted by molar-refractivity contribution is 0.0988. The molecule has 0 aromatic heterocycles. The van der Waals surface area contributed by atoms with Crippen LogP contribution in [0, 0.1) is 0 Å². The first kappa shape index (κ1) is 12.9. The number of ketones is 1. The van der Waals surface area contributed by atoms with E-state index in [1.807, 2.05) is 18.2 Å². The van der Waals surface area contributed by atoms with Crippen molar-refractivity contribution in [2.45, 2.75) is 25.1 Å². The molecule has 1 aromatic carbocycles. The number of Topliss-reactive ketones (excluding diaryl/α,β-unsaturated/α-hetero) is 1. The van der Waals surface area contributed by atoms with Crippen LogP contribution in [0.1, 0.15) is 34.8 Å². The van der Waals surface area contributed by atoms with E-state index in [0.717, 1.165) is 33.8 Å². The van der Waals surface area contributed by atoms with Crippen molar-refractivity contribution in [1.29, 1.82) is 0 Å². The van der Waals surface area contributed by atoms with Crippen molar-refractivity contribution in [2.75, 3.05) is 5.33 Å². The highest BCUT2D eigenvalue weighted by Gasteiger charge is 2.13. The van der Waals surface area contributed by atoms with Crippen LogP contribution in [0.5, 0.6) is 0 Å². The van der Waals surface area contributed by atoms with Gasteiger partial charge < -0.3 is 0 Å². The van der Waals surface area contributed by atoms with Gasteiger partial charge in [-0.05, 0) is 17.5 Å². The summed E-state index contributed by atoms with van der Waals surface area (Å²) in [6.45, 7) is 2.08. The van der Waals surface area contributed by atoms with Crippen molar-refractivity contribution in [2.24, 2.45) is 0 Å². The van der Waals surface area contributed by atoms with Crippen LogP contribution < -0.4 is 0 Å². The highest BCUT2D eigenvalue weighted by molar-refractivity contribution is 9.09. The lowest BCUT2D eigenvalue weighted by Crippen LogP contribution is -2.07. The normalized spacial score (nSPS) is 10.3. The molecule has 1 nitrogen and oxygen atoms in total. The Hall–Kier alpha value is -0.150. The molecule has 0 amide bonds. The fourth-order valence-electron chi connectivity index (χ4n) is 1.63. The molecule has 3 heteroatoms. The van der Waals surface area contributed by atoms with Crippen molar-refractivity contribution in [3.63, 3.8) is 0 Å². The summed E-state index contributed by atoms with van der Waals surface area (Å²) >= 11 is 6.73. The van der Waals surface area contributed by atoms with Crippen LogP contribution in [0.4, 0.5) is 0 Å². The van der Waals surface area contributed by atoms with Crippen LogP contribution in [-0.2, 0) is 11.8 Å². The standard InChI is InChI=1S/C12H14Br2O/c1-2-9-4-3-5-10(8-14)12(9)11(15)6-7-13/h3-5H,2,6-8H2,1H3. The molecule has 0 radical (unpaired) electrons. The van der Waals surface area contributed by atoms with Crippen molar-refractivity contribution in [1.82, 2.24) is 0 Å². The van der Waals surface area contributed by atoms with Crippen molar-refractivity contribution in [3.05, 3.63) is 34.9 Å². The van der Waals surface area contributed by atoms with Crippen LogP contribution in [0.2, 0.25) is 0 Å². The average Bonchev–Trinajstić information content (AvgIpc) is 2.28. The third kappa shape index (κ3) is 3.15. The predicted octanol–water partition coefficient (Wildman–Crippen LogP) is 4.11. The molecule has 1 rings (SSSR count). The average molecular weight is 334 g/mol. The second kappa shape index (κ2) is 6.44. The van der Waals surface area contributed by atoms with E-state index in [9.17, 15) is 4.79 Å². The second-order valence-corrected chi connectivity index (χ2v) is 4.65. The molecule has 0 N–H and O–H groups in total. The number of benzene rings is 1. The van der Waals surface area contributed by atoms with E-state index in [0.29, 0.717) is 6.42 Å². The monoisotopic (exact) mass is 332 g/mol. The summed E-state index contributed by atoms with van der Waals surface area (Å²) in [7, 11) is 0.